The summed E-state index contributed by atoms with van der Waals surface area (Å²) in [4.78, 5) is 19.6. The number of halogens is 2. The molecule has 0 aliphatic carbocycles. The van der Waals surface area contributed by atoms with Gasteiger partial charge in [0.2, 0.25) is 5.95 Å². The molecule has 1 aromatic carbocycles. The van der Waals surface area contributed by atoms with Crippen molar-refractivity contribution in [1.82, 2.24) is 34.7 Å². The molecule has 2 saturated heterocycles. The third kappa shape index (κ3) is 4.00. The molecular formula is C26H28F2N8. The Morgan fingerprint density at radius 2 is 1.86 bits per heavy atom. The molecule has 4 aromatic rings. The standard InChI is InChI=1S/C26H28F2N8/c1-15(2)36-16(3)32-24-19(27)6-18(7-21(24)36)23-20(28)9-31-25(34-23)33-22-5-4-17(8-30-22)10-35-13-26(14-35)11-29-12-26/h4-9,15,29H,10-14H2,1-3H3,(H,30,31,33,34). The zero-order valence-corrected chi connectivity index (χ0v) is 20.5. The number of rotatable bonds is 6. The number of fused-ring (bicyclic) bond motifs is 1. The van der Waals surface area contributed by atoms with Crippen LogP contribution in [0.4, 0.5) is 20.5 Å². The average molecular weight is 491 g/mol. The van der Waals surface area contributed by atoms with Crippen LogP contribution in [0.25, 0.3) is 22.3 Å². The fourth-order valence-corrected chi connectivity index (χ4v) is 5.37. The Labute approximate surface area is 207 Å². The van der Waals surface area contributed by atoms with Gasteiger partial charge in [0.05, 0.1) is 11.7 Å². The van der Waals surface area contributed by atoms with Gasteiger partial charge in [0, 0.05) is 55.9 Å². The van der Waals surface area contributed by atoms with Crippen molar-refractivity contribution in [1.29, 1.82) is 0 Å². The predicted octanol–water partition coefficient (Wildman–Crippen LogP) is 4.20. The van der Waals surface area contributed by atoms with E-state index < -0.39 is 11.6 Å². The van der Waals surface area contributed by atoms with Gasteiger partial charge in [-0.2, -0.15) is 0 Å². The zero-order chi connectivity index (χ0) is 25.0. The Hall–Kier alpha value is -3.50. The lowest BCUT2D eigenvalue weighted by atomic mass is 9.74. The maximum Gasteiger partial charge on any atom is 0.229 e. The highest BCUT2D eigenvalue weighted by molar-refractivity contribution is 5.83. The van der Waals surface area contributed by atoms with Gasteiger partial charge in [-0.15, -0.1) is 0 Å². The number of imidazole rings is 1. The number of benzene rings is 1. The molecule has 186 valence electrons. The number of likely N-dealkylation sites (tertiary alicyclic amines) is 1. The van der Waals surface area contributed by atoms with Crippen molar-refractivity contribution in [2.45, 2.75) is 33.4 Å². The van der Waals surface area contributed by atoms with Crippen LogP contribution in [0.2, 0.25) is 0 Å². The van der Waals surface area contributed by atoms with Gasteiger partial charge in [-0.25, -0.2) is 28.7 Å². The van der Waals surface area contributed by atoms with Crippen LogP contribution >= 0.6 is 0 Å². The summed E-state index contributed by atoms with van der Waals surface area (Å²) in [6.45, 7) is 11.2. The van der Waals surface area contributed by atoms with Crippen molar-refractivity contribution in [3.63, 3.8) is 0 Å². The van der Waals surface area contributed by atoms with E-state index in [-0.39, 0.29) is 23.2 Å². The molecule has 2 aliphatic rings. The Bertz CT molecular complexity index is 1430. The van der Waals surface area contributed by atoms with Crippen LogP contribution in [-0.2, 0) is 6.54 Å². The van der Waals surface area contributed by atoms with E-state index in [1.165, 1.54) is 6.07 Å². The molecule has 2 aliphatic heterocycles. The van der Waals surface area contributed by atoms with Crippen LogP contribution in [0.3, 0.4) is 0 Å². The van der Waals surface area contributed by atoms with E-state index >= 15 is 0 Å². The molecule has 10 heteroatoms. The SMILES string of the molecule is Cc1nc2c(F)cc(-c3nc(Nc4ccc(CN5CC6(CNC6)C5)cn4)ncc3F)cc2n1C(C)C. The second kappa shape index (κ2) is 8.56. The Morgan fingerprint density at radius 1 is 1.06 bits per heavy atom. The van der Waals surface area contributed by atoms with Gasteiger partial charge < -0.3 is 15.2 Å². The minimum absolute atomic E-state index is 0.0104. The second-order valence-corrected chi connectivity index (χ2v) is 10.3. The highest BCUT2D eigenvalue weighted by Gasteiger charge is 2.47. The summed E-state index contributed by atoms with van der Waals surface area (Å²) in [6.07, 6.45) is 2.91. The topological polar surface area (TPSA) is 83.8 Å². The van der Waals surface area contributed by atoms with Crippen molar-refractivity contribution >= 4 is 22.8 Å². The van der Waals surface area contributed by atoms with Crippen LogP contribution in [-0.4, -0.2) is 55.6 Å². The number of aromatic nitrogens is 5. The molecular weight excluding hydrogens is 462 g/mol. The summed E-state index contributed by atoms with van der Waals surface area (Å²) in [5.41, 5.74) is 2.82. The van der Waals surface area contributed by atoms with Crippen LogP contribution in [0.5, 0.6) is 0 Å². The minimum Gasteiger partial charge on any atom is -0.326 e. The molecule has 36 heavy (non-hydrogen) atoms. The molecule has 2 fully saturated rings. The number of hydrogen-bond acceptors (Lipinski definition) is 7. The maximum atomic E-state index is 14.9. The average Bonchev–Trinajstić information content (AvgIpc) is 3.13. The van der Waals surface area contributed by atoms with Crippen molar-refractivity contribution in [3.05, 3.63) is 59.7 Å². The summed E-state index contributed by atoms with van der Waals surface area (Å²) < 4.78 is 31.6. The molecule has 0 unspecified atom stereocenters. The van der Waals surface area contributed by atoms with E-state index in [4.69, 9.17) is 0 Å². The van der Waals surface area contributed by atoms with Gasteiger partial charge in [-0.05, 0) is 44.5 Å². The smallest absolute Gasteiger partial charge is 0.229 e. The summed E-state index contributed by atoms with van der Waals surface area (Å²) in [7, 11) is 0. The molecule has 1 spiro atoms. The third-order valence-electron chi connectivity index (χ3n) is 7.05. The molecule has 6 rings (SSSR count). The van der Waals surface area contributed by atoms with E-state index in [1.807, 2.05) is 43.7 Å². The van der Waals surface area contributed by atoms with Crippen LogP contribution in [0.1, 0.15) is 31.3 Å². The normalized spacial score (nSPS) is 16.9. The van der Waals surface area contributed by atoms with E-state index in [0.717, 1.165) is 44.5 Å². The van der Waals surface area contributed by atoms with Crippen molar-refractivity contribution in [2.75, 3.05) is 31.5 Å². The van der Waals surface area contributed by atoms with Gasteiger partial charge >= 0.3 is 0 Å². The fourth-order valence-electron chi connectivity index (χ4n) is 5.37. The second-order valence-electron chi connectivity index (χ2n) is 10.3. The number of pyridine rings is 1. The van der Waals surface area contributed by atoms with Crippen molar-refractivity contribution < 1.29 is 8.78 Å². The highest BCUT2D eigenvalue weighted by Crippen LogP contribution is 2.35. The van der Waals surface area contributed by atoms with Crippen LogP contribution < -0.4 is 10.6 Å². The Balaban J connectivity index is 1.22. The monoisotopic (exact) mass is 490 g/mol. The Kier molecular flexibility index (Phi) is 5.45. The lowest BCUT2D eigenvalue weighted by molar-refractivity contribution is -0.0444. The molecule has 0 saturated carbocycles. The number of nitrogens with zero attached hydrogens (tertiary/aromatic N) is 6. The van der Waals surface area contributed by atoms with Gasteiger partial charge in [0.1, 0.15) is 22.9 Å². The largest absolute Gasteiger partial charge is 0.326 e. The number of anilines is 2. The van der Waals surface area contributed by atoms with E-state index in [2.05, 4.69) is 35.5 Å². The molecule has 8 nitrogen and oxygen atoms in total. The number of hydrogen-bond donors (Lipinski definition) is 2. The lowest BCUT2D eigenvalue weighted by Gasteiger charge is -2.56. The number of aryl methyl sites for hydroxylation is 1. The van der Waals surface area contributed by atoms with Crippen molar-refractivity contribution in [2.24, 2.45) is 5.41 Å². The molecule has 3 aromatic heterocycles. The molecule has 5 heterocycles. The van der Waals surface area contributed by atoms with Gasteiger partial charge in [-0.1, -0.05) is 6.07 Å². The summed E-state index contributed by atoms with van der Waals surface area (Å²) >= 11 is 0. The first-order valence-electron chi connectivity index (χ1n) is 12.2. The van der Waals surface area contributed by atoms with E-state index in [9.17, 15) is 8.78 Å². The van der Waals surface area contributed by atoms with Crippen LogP contribution in [0, 0.1) is 24.0 Å². The first kappa shape index (κ1) is 22.9. The first-order valence-corrected chi connectivity index (χ1v) is 12.2. The highest BCUT2D eigenvalue weighted by atomic mass is 19.1. The number of nitrogens with one attached hydrogen (secondary N) is 2. The van der Waals surface area contributed by atoms with Crippen LogP contribution in [0.15, 0.2) is 36.7 Å². The molecule has 0 radical (unpaired) electrons. The quantitative estimate of drug-likeness (QED) is 0.419. The maximum absolute atomic E-state index is 14.9. The molecule has 2 N–H and O–H groups in total. The fraction of sp³-hybridized carbons (Fsp3) is 0.385. The molecule has 0 atom stereocenters. The Morgan fingerprint density at radius 3 is 2.53 bits per heavy atom. The summed E-state index contributed by atoms with van der Waals surface area (Å²) in [5.74, 6) is 0.280. The van der Waals surface area contributed by atoms with E-state index in [1.54, 1.807) is 6.07 Å². The minimum atomic E-state index is -0.635. The third-order valence-corrected chi connectivity index (χ3v) is 7.05. The zero-order valence-electron chi connectivity index (χ0n) is 20.5. The molecule has 0 bridgehead atoms. The van der Waals surface area contributed by atoms with Gasteiger partial charge in [0.25, 0.3) is 0 Å². The molecule has 0 amide bonds. The lowest BCUT2D eigenvalue weighted by Crippen LogP contribution is -2.70. The predicted molar refractivity (Wildman–Crippen MR) is 134 cm³/mol. The summed E-state index contributed by atoms with van der Waals surface area (Å²) in [5, 5.41) is 6.38. The summed E-state index contributed by atoms with van der Waals surface area (Å²) in [6, 6.07) is 6.94. The van der Waals surface area contributed by atoms with E-state index in [0.29, 0.717) is 28.1 Å². The first-order chi connectivity index (χ1) is 17.3. The van der Waals surface area contributed by atoms with Gasteiger partial charge in [-0.3, -0.25) is 4.90 Å². The van der Waals surface area contributed by atoms with Crippen molar-refractivity contribution in [3.8, 4) is 11.3 Å². The van der Waals surface area contributed by atoms with Gasteiger partial charge in [0.15, 0.2) is 11.6 Å².